The number of hydrogen-bond donors (Lipinski definition) is 1. The quantitative estimate of drug-likeness (QED) is 0.752. The summed E-state index contributed by atoms with van der Waals surface area (Å²) in [5.74, 6) is 1.68. The van der Waals surface area contributed by atoms with Crippen molar-refractivity contribution in [2.75, 3.05) is 25.1 Å². The topological polar surface area (TPSA) is 41.6 Å². The van der Waals surface area contributed by atoms with Crippen molar-refractivity contribution in [3.8, 4) is 5.75 Å². The Kier molecular flexibility index (Phi) is 8.42. The smallest absolute Gasteiger partial charge is 0.227 e. The van der Waals surface area contributed by atoms with Crippen LogP contribution in [-0.4, -0.2) is 26.1 Å². The summed E-state index contributed by atoms with van der Waals surface area (Å²) in [4.78, 5) is 16.1. The zero-order chi connectivity index (χ0) is 17.5. The van der Waals surface area contributed by atoms with Gasteiger partial charge in [-0.05, 0) is 74.0 Å². The minimum Gasteiger partial charge on any atom is -0.497 e. The molecule has 142 valence electrons. The highest BCUT2D eigenvalue weighted by molar-refractivity contribution is 7.09. The maximum Gasteiger partial charge on any atom is 0.227 e. The molecule has 1 aliphatic heterocycles. The highest BCUT2D eigenvalue weighted by Crippen LogP contribution is 2.25. The lowest BCUT2D eigenvalue weighted by Crippen LogP contribution is -2.32. The van der Waals surface area contributed by atoms with Crippen molar-refractivity contribution >= 4 is 35.3 Å². The van der Waals surface area contributed by atoms with Crippen LogP contribution in [0.1, 0.15) is 30.6 Å². The van der Waals surface area contributed by atoms with E-state index in [9.17, 15) is 4.79 Å². The third-order valence-corrected chi connectivity index (χ3v) is 5.67. The minimum absolute atomic E-state index is 0. The van der Waals surface area contributed by atoms with E-state index in [0.29, 0.717) is 18.9 Å². The number of rotatable bonds is 7. The molecule has 1 amide bonds. The van der Waals surface area contributed by atoms with Crippen molar-refractivity contribution in [2.24, 2.45) is 5.92 Å². The summed E-state index contributed by atoms with van der Waals surface area (Å²) in [6.07, 6.45) is 3.96. The van der Waals surface area contributed by atoms with E-state index in [0.717, 1.165) is 30.9 Å². The third kappa shape index (κ3) is 5.73. The predicted octanol–water partition coefficient (Wildman–Crippen LogP) is 4.49. The van der Waals surface area contributed by atoms with Crippen LogP contribution in [0, 0.1) is 5.92 Å². The van der Waals surface area contributed by atoms with Gasteiger partial charge in [0.05, 0.1) is 13.7 Å². The largest absolute Gasteiger partial charge is 0.497 e. The molecule has 2 heterocycles. The summed E-state index contributed by atoms with van der Waals surface area (Å²) >= 11 is 1.69. The van der Waals surface area contributed by atoms with Crippen LogP contribution in [-0.2, 0) is 11.3 Å². The first-order chi connectivity index (χ1) is 12.3. The number of carbonyl (C=O) groups is 1. The normalized spacial score (nSPS) is 14.5. The zero-order valence-electron chi connectivity index (χ0n) is 15.1. The van der Waals surface area contributed by atoms with Gasteiger partial charge in [0.15, 0.2) is 0 Å². The highest BCUT2D eigenvalue weighted by Gasteiger charge is 2.20. The molecule has 1 fully saturated rings. The number of halogens is 1. The van der Waals surface area contributed by atoms with Crippen LogP contribution in [0.2, 0.25) is 0 Å². The Bertz CT molecular complexity index is 655. The molecule has 0 saturated carbocycles. The van der Waals surface area contributed by atoms with E-state index in [4.69, 9.17) is 4.74 Å². The molecule has 1 aromatic carbocycles. The van der Waals surface area contributed by atoms with E-state index in [2.05, 4.69) is 16.8 Å². The molecule has 2 aromatic rings. The van der Waals surface area contributed by atoms with E-state index in [1.54, 1.807) is 18.4 Å². The lowest BCUT2D eigenvalue weighted by atomic mass is 9.93. The summed E-state index contributed by atoms with van der Waals surface area (Å²) in [7, 11) is 1.66. The Morgan fingerprint density at radius 1 is 1.23 bits per heavy atom. The molecule has 3 rings (SSSR count). The monoisotopic (exact) mass is 394 g/mol. The van der Waals surface area contributed by atoms with Crippen molar-refractivity contribution < 1.29 is 9.53 Å². The first-order valence-corrected chi connectivity index (χ1v) is 9.82. The second-order valence-electron chi connectivity index (χ2n) is 6.49. The number of methoxy groups -OCH3 is 1. The van der Waals surface area contributed by atoms with Crippen molar-refractivity contribution in [1.29, 1.82) is 0 Å². The van der Waals surface area contributed by atoms with Gasteiger partial charge in [0, 0.05) is 17.0 Å². The fourth-order valence-corrected chi connectivity index (χ4v) is 3.97. The van der Waals surface area contributed by atoms with Crippen LogP contribution in [0.5, 0.6) is 5.75 Å². The van der Waals surface area contributed by atoms with Gasteiger partial charge in [0.1, 0.15) is 5.75 Å². The Balaban J connectivity index is 0.00000243. The van der Waals surface area contributed by atoms with Crippen molar-refractivity contribution in [1.82, 2.24) is 5.32 Å². The highest BCUT2D eigenvalue weighted by atomic mass is 35.5. The Hall–Kier alpha value is -1.56. The number of carbonyl (C=O) groups excluding carboxylic acids is 1. The molecular formula is C20H27ClN2O2S. The molecule has 0 spiro atoms. The van der Waals surface area contributed by atoms with Crippen molar-refractivity contribution in [3.05, 3.63) is 46.7 Å². The Morgan fingerprint density at radius 3 is 2.58 bits per heavy atom. The van der Waals surface area contributed by atoms with Gasteiger partial charge < -0.3 is 15.0 Å². The molecule has 0 bridgehead atoms. The van der Waals surface area contributed by atoms with E-state index >= 15 is 0 Å². The van der Waals surface area contributed by atoms with Crippen LogP contribution in [0.25, 0.3) is 0 Å². The molecule has 6 heteroatoms. The molecule has 1 aliphatic rings. The van der Waals surface area contributed by atoms with Gasteiger partial charge in [0.2, 0.25) is 5.91 Å². The number of benzene rings is 1. The second-order valence-corrected chi connectivity index (χ2v) is 7.52. The third-order valence-electron chi connectivity index (χ3n) is 4.80. The van der Waals surface area contributed by atoms with Crippen LogP contribution in [0.4, 0.5) is 5.69 Å². The lowest BCUT2D eigenvalue weighted by Gasteiger charge is -2.25. The van der Waals surface area contributed by atoms with Gasteiger partial charge in [-0.15, -0.1) is 23.7 Å². The molecule has 0 atom stereocenters. The van der Waals surface area contributed by atoms with Crippen molar-refractivity contribution in [3.63, 3.8) is 0 Å². The molecule has 1 saturated heterocycles. The number of ether oxygens (including phenoxy) is 1. The molecule has 0 unspecified atom stereocenters. The summed E-state index contributed by atoms with van der Waals surface area (Å²) in [5.41, 5.74) is 0.935. The average Bonchev–Trinajstić information content (AvgIpc) is 3.18. The molecule has 4 nitrogen and oxygen atoms in total. The van der Waals surface area contributed by atoms with Gasteiger partial charge in [-0.25, -0.2) is 0 Å². The minimum atomic E-state index is 0. The van der Waals surface area contributed by atoms with Crippen LogP contribution < -0.4 is 15.0 Å². The van der Waals surface area contributed by atoms with Gasteiger partial charge in [0.25, 0.3) is 0 Å². The first kappa shape index (κ1) is 20.7. The molecule has 0 aliphatic carbocycles. The second kappa shape index (κ2) is 10.6. The van der Waals surface area contributed by atoms with Gasteiger partial charge in [-0.1, -0.05) is 6.07 Å². The summed E-state index contributed by atoms with van der Waals surface area (Å²) < 4.78 is 5.23. The van der Waals surface area contributed by atoms with Gasteiger partial charge >= 0.3 is 0 Å². The number of thiophene rings is 1. The maximum atomic E-state index is 13.0. The maximum absolute atomic E-state index is 13.0. The molecule has 0 radical (unpaired) electrons. The number of amides is 1. The molecular weight excluding hydrogens is 368 g/mol. The molecule has 26 heavy (non-hydrogen) atoms. The fourth-order valence-electron chi connectivity index (χ4n) is 3.28. The number of anilines is 1. The first-order valence-electron chi connectivity index (χ1n) is 8.94. The van der Waals surface area contributed by atoms with Crippen molar-refractivity contribution in [2.45, 2.75) is 32.2 Å². The molecule has 1 aromatic heterocycles. The number of nitrogens with one attached hydrogen (secondary N) is 1. The molecule has 1 N–H and O–H groups in total. The van der Waals surface area contributed by atoms with Gasteiger partial charge in [-0.2, -0.15) is 0 Å². The standard InChI is InChI=1S/C20H26N2O2S.ClH/c1-24-18-7-5-17(6-8-18)22(15-19-3-2-14-25-19)20(23)9-4-16-10-12-21-13-11-16;/h2-3,5-8,14,16,21H,4,9-13,15H2,1H3;1H. The summed E-state index contributed by atoms with van der Waals surface area (Å²) in [6.45, 7) is 2.79. The Morgan fingerprint density at radius 2 is 1.96 bits per heavy atom. The summed E-state index contributed by atoms with van der Waals surface area (Å²) in [6, 6.07) is 11.9. The summed E-state index contributed by atoms with van der Waals surface area (Å²) in [5, 5.41) is 5.44. The number of nitrogens with zero attached hydrogens (tertiary/aromatic N) is 1. The van der Waals surface area contributed by atoms with E-state index < -0.39 is 0 Å². The van der Waals surface area contributed by atoms with Crippen LogP contribution in [0.15, 0.2) is 41.8 Å². The van der Waals surface area contributed by atoms with Gasteiger partial charge in [-0.3, -0.25) is 4.79 Å². The Labute approximate surface area is 166 Å². The lowest BCUT2D eigenvalue weighted by molar-refractivity contribution is -0.119. The van der Waals surface area contributed by atoms with E-state index in [-0.39, 0.29) is 18.3 Å². The number of hydrogen-bond acceptors (Lipinski definition) is 4. The predicted molar refractivity (Wildman–Crippen MR) is 111 cm³/mol. The number of piperidine rings is 1. The van der Waals surface area contributed by atoms with Crippen LogP contribution in [0.3, 0.4) is 0 Å². The fraction of sp³-hybridized carbons (Fsp3) is 0.450. The van der Waals surface area contributed by atoms with E-state index in [1.807, 2.05) is 35.2 Å². The average molecular weight is 395 g/mol. The van der Waals surface area contributed by atoms with Crippen LogP contribution >= 0.6 is 23.7 Å². The SMILES string of the molecule is COc1ccc(N(Cc2cccs2)C(=O)CCC2CCNCC2)cc1.Cl. The zero-order valence-corrected chi connectivity index (χ0v) is 16.8. The van der Waals surface area contributed by atoms with E-state index in [1.165, 1.54) is 17.7 Å².